The van der Waals surface area contributed by atoms with E-state index in [1.807, 2.05) is 0 Å². The molecule has 0 heterocycles. The third-order valence-corrected chi connectivity index (χ3v) is 9.46. The van der Waals surface area contributed by atoms with Gasteiger partial charge in [0.25, 0.3) is 0 Å². The second-order valence-corrected chi connectivity index (χ2v) is 13.3. The van der Waals surface area contributed by atoms with Crippen molar-refractivity contribution in [2.24, 2.45) is 11.8 Å². The van der Waals surface area contributed by atoms with Crippen LogP contribution in [0.25, 0.3) is 0 Å². The van der Waals surface area contributed by atoms with E-state index in [4.69, 9.17) is 4.74 Å². The van der Waals surface area contributed by atoms with E-state index < -0.39 is 0 Å². The summed E-state index contributed by atoms with van der Waals surface area (Å²) < 4.78 is 6.03. The highest BCUT2D eigenvalue weighted by atomic mass is 16.5. The fourth-order valence-electron chi connectivity index (χ4n) is 6.60. The van der Waals surface area contributed by atoms with Gasteiger partial charge in [0.15, 0.2) is 0 Å². The minimum Gasteiger partial charge on any atom is -0.378 e. The Morgan fingerprint density at radius 1 is 0.575 bits per heavy atom. The van der Waals surface area contributed by atoms with Crippen LogP contribution in [0.4, 0.5) is 0 Å². The largest absolute Gasteiger partial charge is 0.378 e. The summed E-state index contributed by atoms with van der Waals surface area (Å²) in [6.07, 6.45) is 45.4. The van der Waals surface area contributed by atoms with Crippen LogP contribution >= 0.6 is 0 Å². The molecule has 0 bridgehead atoms. The van der Waals surface area contributed by atoms with Crippen LogP contribution in [-0.2, 0) is 9.53 Å². The molecule has 0 amide bonds. The van der Waals surface area contributed by atoms with Gasteiger partial charge in [-0.15, -0.1) is 0 Å². The molecule has 0 saturated heterocycles. The van der Waals surface area contributed by atoms with Gasteiger partial charge in [0.1, 0.15) is 0 Å². The Hall–Kier alpha value is -0.370. The molecule has 1 fully saturated rings. The predicted molar refractivity (Wildman–Crippen MR) is 177 cm³/mol. The Kier molecular flexibility index (Phi) is 28.3. The molecule has 0 aromatic heterocycles. The molecule has 236 valence electrons. The van der Waals surface area contributed by atoms with Gasteiger partial charge in [-0.25, -0.2) is 0 Å². The molecule has 0 aliphatic heterocycles. The second kappa shape index (κ2) is 30.1. The molecular weight excluding hydrogens is 488 g/mol. The third-order valence-electron chi connectivity index (χ3n) is 9.46. The minimum atomic E-state index is 0.194. The first-order valence-corrected chi connectivity index (χ1v) is 18.6. The van der Waals surface area contributed by atoms with Crippen molar-refractivity contribution < 1.29 is 9.53 Å². The van der Waals surface area contributed by atoms with Crippen LogP contribution in [0.5, 0.6) is 0 Å². The third kappa shape index (κ3) is 24.2. The van der Waals surface area contributed by atoms with Crippen molar-refractivity contribution in [1.29, 1.82) is 0 Å². The van der Waals surface area contributed by atoms with E-state index in [0.717, 1.165) is 25.4 Å². The van der Waals surface area contributed by atoms with E-state index in [1.54, 1.807) is 0 Å². The average Bonchev–Trinajstić information content (AvgIpc) is 2.98. The molecule has 1 saturated carbocycles. The molecule has 40 heavy (non-hydrogen) atoms. The van der Waals surface area contributed by atoms with E-state index in [-0.39, 0.29) is 5.92 Å². The van der Waals surface area contributed by atoms with Crippen molar-refractivity contribution in [1.82, 2.24) is 0 Å². The molecule has 1 aliphatic carbocycles. The Balaban J connectivity index is 1.96. The lowest BCUT2D eigenvalue weighted by molar-refractivity contribution is 0.0326. The van der Waals surface area contributed by atoms with Crippen molar-refractivity contribution >= 4 is 6.29 Å². The summed E-state index contributed by atoms with van der Waals surface area (Å²) in [5, 5.41) is 0. The van der Waals surface area contributed by atoms with Gasteiger partial charge >= 0.3 is 0 Å². The van der Waals surface area contributed by atoms with Crippen LogP contribution in [0, 0.1) is 18.3 Å². The maximum Gasteiger partial charge on any atom is 0.201 e. The summed E-state index contributed by atoms with van der Waals surface area (Å²) in [6, 6.07) is 0. The zero-order valence-corrected chi connectivity index (χ0v) is 27.5. The van der Waals surface area contributed by atoms with Gasteiger partial charge in [0.05, 0.1) is 6.10 Å². The van der Waals surface area contributed by atoms with E-state index in [0.29, 0.717) is 6.10 Å². The highest BCUT2D eigenvalue weighted by Gasteiger charge is 2.15. The van der Waals surface area contributed by atoms with E-state index >= 15 is 0 Å². The fourth-order valence-corrected chi connectivity index (χ4v) is 6.60. The standard InChI is InChI=1S/C38H72O2/c1-3-5-7-21-27-36(32-33-37(35-39)29-22-8-6-4-2)28-23-18-16-14-12-10-9-11-13-15-17-19-26-34-40-38-30-24-20-25-31-38/h20,36-38H,3-19,21-34H2,1-2H3. The van der Waals surface area contributed by atoms with Gasteiger partial charge < -0.3 is 4.74 Å². The van der Waals surface area contributed by atoms with Crippen LogP contribution in [-0.4, -0.2) is 19.0 Å². The molecule has 2 nitrogen and oxygen atoms in total. The summed E-state index contributed by atoms with van der Waals surface area (Å²) in [5.74, 6) is 1.03. The Morgan fingerprint density at radius 2 is 1.02 bits per heavy atom. The number of hydrogen-bond donors (Lipinski definition) is 0. The molecule has 2 atom stereocenters. The molecular formula is C38H72O2. The van der Waals surface area contributed by atoms with Crippen molar-refractivity contribution in [3.8, 4) is 0 Å². The Morgan fingerprint density at radius 3 is 1.52 bits per heavy atom. The zero-order chi connectivity index (χ0) is 28.8. The highest BCUT2D eigenvalue weighted by molar-refractivity contribution is 5.54. The summed E-state index contributed by atoms with van der Waals surface area (Å²) in [4.78, 5) is 11.5. The van der Waals surface area contributed by atoms with Gasteiger partial charge in [-0.3, -0.25) is 4.79 Å². The first kappa shape index (κ1) is 37.7. The Labute approximate surface area is 253 Å². The van der Waals surface area contributed by atoms with E-state index in [9.17, 15) is 4.79 Å². The number of carbonyl (C=O) groups excluding carboxylic acids is 1. The summed E-state index contributed by atoms with van der Waals surface area (Å²) in [7, 11) is 0. The maximum atomic E-state index is 11.5. The van der Waals surface area contributed by atoms with Crippen molar-refractivity contribution in [2.45, 2.75) is 213 Å². The molecule has 2 radical (unpaired) electrons. The molecule has 0 aromatic rings. The molecule has 1 aliphatic rings. The average molecular weight is 561 g/mol. The topological polar surface area (TPSA) is 26.3 Å². The van der Waals surface area contributed by atoms with E-state index in [2.05, 4.69) is 26.6 Å². The monoisotopic (exact) mass is 561 g/mol. The lowest BCUT2D eigenvalue weighted by Crippen LogP contribution is -2.17. The van der Waals surface area contributed by atoms with Crippen molar-refractivity contribution in [3.05, 3.63) is 6.42 Å². The lowest BCUT2D eigenvalue weighted by Gasteiger charge is -2.21. The van der Waals surface area contributed by atoms with E-state index in [1.165, 1.54) is 180 Å². The number of rotatable bonds is 31. The van der Waals surface area contributed by atoms with Crippen LogP contribution in [0.1, 0.15) is 206 Å². The number of ether oxygens (including phenoxy) is 1. The van der Waals surface area contributed by atoms with Gasteiger partial charge in [-0.2, -0.15) is 0 Å². The molecule has 0 N–H and O–H groups in total. The number of unbranched alkanes of at least 4 members (excludes halogenated alkanes) is 18. The summed E-state index contributed by atoms with van der Waals surface area (Å²) in [5.41, 5.74) is 0. The van der Waals surface area contributed by atoms with Crippen LogP contribution in [0.2, 0.25) is 0 Å². The highest BCUT2D eigenvalue weighted by Crippen LogP contribution is 2.26. The molecule has 0 spiro atoms. The minimum absolute atomic E-state index is 0.194. The zero-order valence-electron chi connectivity index (χ0n) is 27.5. The van der Waals surface area contributed by atoms with Crippen LogP contribution in [0.3, 0.4) is 0 Å². The molecule has 2 heteroatoms. The Bertz CT molecular complexity index is 498. The quantitative estimate of drug-likeness (QED) is 0.0788. The van der Waals surface area contributed by atoms with Gasteiger partial charge in [0, 0.05) is 12.5 Å². The normalized spacial score (nSPS) is 15.8. The SMILES string of the molecule is CCCCCCC([C]=O)CCC(CCCCCC)CCCCCCCCCCCCCCCOC1CC[CH]CC1. The summed E-state index contributed by atoms with van der Waals surface area (Å²) in [6.45, 7) is 5.55. The molecule has 0 aromatic carbocycles. The lowest BCUT2D eigenvalue weighted by atomic mass is 9.86. The fraction of sp³-hybridized carbons (Fsp3) is 0.947. The van der Waals surface area contributed by atoms with Crippen LogP contribution in [0.15, 0.2) is 0 Å². The predicted octanol–water partition coefficient (Wildman–Crippen LogP) is 12.7. The van der Waals surface area contributed by atoms with Crippen LogP contribution < -0.4 is 0 Å². The molecule has 2 unspecified atom stereocenters. The van der Waals surface area contributed by atoms with Crippen molar-refractivity contribution in [3.63, 3.8) is 0 Å². The second-order valence-electron chi connectivity index (χ2n) is 13.3. The van der Waals surface area contributed by atoms with Gasteiger partial charge in [0.2, 0.25) is 6.29 Å². The number of hydrogen-bond acceptors (Lipinski definition) is 2. The summed E-state index contributed by atoms with van der Waals surface area (Å²) >= 11 is 0. The first-order chi connectivity index (χ1) is 19.8. The van der Waals surface area contributed by atoms with Gasteiger partial charge in [-0.05, 0) is 63.7 Å². The van der Waals surface area contributed by atoms with Crippen molar-refractivity contribution in [2.75, 3.05) is 6.61 Å². The first-order valence-electron chi connectivity index (χ1n) is 18.6. The van der Waals surface area contributed by atoms with Gasteiger partial charge in [-0.1, -0.05) is 155 Å². The smallest absolute Gasteiger partial charge is 0.201 e. The molecule has 1 rings (SSSR count). The maximum absolute atomic E-state index is 11.5.